The van der Waals surface area contributed by atoms with Crippen molar-refractivity contribution in [1.82, 2.24) is 0 Å². The van der Waals surface area contributed by atoms with Gasteiger partial charge in [0.25, 0.3) is 0 Å². The molecule has 0 spiro atoms. The van der Waals surface area contributed by atoms with Gasteiger partial charge in [0.1, 0.15) is 11.2 Å². The molecular formula is C34H34O6. The minimum atomic E-state index is -1.21. The summed E-state index contributed by atoms with van der Waals surface area (Å²) < 4.78 is 25.2. The summed E-state index contributed by atoms with van der Waals surface area (Å²) in [4.78, 5) is 27.3. The van der Waals surface area contributed by atoms with Gasteiger partial charge in [-0.25, -0.2) is 9.59 Å². The predicted molar refractivity (Wildman–Crippen MR) is 152 cm³/mol. The molecule has 0 unspecified atom stereocenters. The van der Waals surface area contributed by atoms with Gasteiger partial charge < -0.3 is 18.9 Å². The van der Waals surface area contributed by atoms with E-state index in [1.54, 1.807) is 38.5 Å². The fraction of sp³-hybridized carbons (Fsp3) is 0.294. The molecule has 6 heteroatoms. The van der Waals surface area contributed by atoms with Gasteiger partial charge >= 0.3 is 11.9 Å². The minimum Gasteiger partial charge on any atom is -0.451 e. The monoisotopic (exact) mass is 538 g/mol. The Balaban J connectivity index is 1.70. The zero-order valence-corrected chi connectivity index (χ0v) is 23.4. The highest BCUT2D eigenvalue weighted by atomic mass is 16.6. The van der Waals surface area contributed by atoms with Gasteiger partial charge in [-0.15, -0.1) is 0 Å². The summed E-state index contributed by atoms with van der Waals surface area (Å²) in [5.74, 6) is -1.41. The van der Waals surface area contributed by atoms with Crippen molar-refractivity contribution < 1.29 is 28.5 Å². The van der Waals surface area contributed by atoms with Crippen LogP contribution in [0.2, 0.25) is 0 Å². The highest BCUT2D eigenvalue weighted by Crippen LogP contribution is 2.54. The number of ether oxygens (including phenoxy) is 4. The quantitative estimate of drug-likeness (QED) is 0.333. The number of fused-ring (bicyclic) bond motifs is 1. The minimum absolute atomic E-state index is 0.309. The van der Waals surface area contributed by atoms with Crippen molar-refractivity contribution >= 4 is 11.9 Å². The van der Waals surface area contributed by atoms with Crippen LogP contribution in [-0.4, -0.2) is 38.4 Å². The Bertz CT molecular complexity index is 1440. The van der Waals surface area contributed by atoms with Crippen molar-refractivity contribution in [2.45, 2.75) is 44.2 Å². The number of methoxy groups -OCH3 is 2. The van der Waals surface area contributed by atoms with Crippen LogP contribution in [0.3, 0.4) is 0 Å². The van der Waals surface area contributed by atoms with Crippen LogP contribution >= 0.6 is 0 Å². The number of carbonyl (C=O) groups excluding carboxylic acids is 2. The average molecular weight is 539 g/mol. The molecule has 206 valence electrons. The summed E-state index contributed by atoms with van der Waals surface area (Å²) in [7, 11) is 3.16. The van der Waals surface area contributed by atoms with Crippen LogP contribution in [-0.2, 0) is 30.1 Å². The Hall–Kier alpha value is -4.00. The first-order chi connectivity index (χ1) is 19.2. The molecule has 3 aromatic carbocycles. The summed E-state index contributed by atoms with van der Waals surface area (Å²) in [5, 5.41) is 0. The zero-order chi connectivity index (χ0) is 28.5. The van der Waals surface area contributed by atoms with Crippen LogP contribution in [0.1, 0.15) is 49.9 Å². The molecule has 5 rings (SSSR count). The van der Waals surface area contributed by atoms with E-state index in [9.17, 15) is 9.59 Å². The maximum atomic E-state index is 13.7. The number of benzene rings is 3. The van der Waals surface area contributed by atoms with Crippen LogP contribution < -0.4 is 0 Å². The van der Waals surface area contributed by atoms with Gasteiger partial charge in [0.15, 0.2) is 12.2 Å². The second-order valence-corrected chi connectivity index (χ2v) is 10.5. The van der Waals surface area contributed by atoms with Crippen LogP contribution in [0.15, 0.2) is 97.1 Å². The fourth-order valence-electron chi connectivity index (χ4n) is 5.82. The van der Waals surface area contributed by atoms with Crippen molar-refractivity contribution in [3.05, 3.63) is 130 Å². The fourth-order valence-corrected chi connectivity index (χ4v) is 5.82. The van der Waals surface area contributed by atoms with Crippen molar-refractivity contribution in [2.75, 3.05) is 14.2 Å². The molecule has 6 nitrogen and oxygen atoms in total. The van der Waals surface area contributed by atoms with E-state index < -0.39 is 35.3 Å². The molecule has 2 aliphatic rings. The summed E-state index contributed by atoms with van der Waals surface area (Å²) >= 11 is 0. The topological polar surface area (TPSA) is 71.1 Å². The number of allylic oxidation sites excluding steroid dienone is 2. The van der Waals surface area contributed by atoms with Crippen LogP contribution in [0.4, 0.5) is 0 Å². The molecular weight excluding hydrogens is 504 g/mol. The second kappa shape index (κ2) is 10.9. The molecule has 0 fully saturated rings. The standard InChI is InChI=1S/C34H34O6/c1-22-14-18-24(19-15-22)31(35)39-29-30(40-32(36)25-20-16-23(2)17-21-25)34(38-5,26-10-6-7-11-26)28-13-9-8-12-27(28)33(29,3)37-4/h6-21,26,29-30H,1-5H3/t29-,30+,33+,34-/m0/s1. The molecule has 0 saturated carbocycles. The molecule has 0 aromatic heterocycles. The number of aryl methyl sites for hydroxylation is 2. The first kappa shape index (κ1) is 27.6. The third-order valence-corrected chi connectivity index (χ3v) is 8.17. The number of carbonyl (C=O) groups is 2. The smallest absolute Gasteiger partial charge is 0.338 e. The van der Waals surface area contributed by atoms with E-state index in [0.717, 1.165) is 22.3 Å². The van der Waals surface area contributed by atoms with Crippen molar-refractivity contribution in [3.8, 4) is 0 Å². The Morgan fingerprint density at radius 3 is 1.60 bits per heavy atom. The number of hydrogen-bond donors (Lipinski definition) is 0. The summed E-state index contributed by atoms with van der Waals surface area (Å²) in [6.07, 6.45) is 5.74. The molecule has 4 atom stereocenters. The van der Waals surface area contributed by atoms with Gasteiger partial charge in [0.05, 0.1) is 11.1 Å². The van der Waals surface area contributed by atoms with Gasteiger partial charge in [-0.05, 0) is 56.2 Å². The van der Waals surface area contributed by atoms with Gasteiger partial charge in [-0.1, -0.05) is 84.0 Å². The lowest BCUT2D eigenvalue weighted by molar-refractivity contribution is -0.227. The van der Waals surface area contributed by atoms with E-state index in [-0.39, 0.29) is 5.92 Å². The number of esters is 2. The van der Waals surface area contributed by atoms with Gasteiger partial charge in [-0.2, -0.15) is 0 Å². The maximum Gasteiger partial charge on any atom is 0.338 e. The number of hydrogen-bond acceptors (Lipinski definition) is 6. The summed E-state index contributed by atoms with van der Waals surface area (Å²) in [6.45, 7) is 5.75. The molecule has 0 aliphatic heterocycles. The first-order valence-electron chi connectivity index (χ1n) is 13.3. The zero-order valence-electron chi connectivity index (χ0n) is 23.4. The van der Waals surface area contributed by atoms with E-state index in [4.69, 9.17) is 18.9 Å². The maximum absolute atomic E-state index is 13.7. The summed E-state index contributed by atoms with van der Waals surface area (Å²) in [6, 6.07) is 22.0. The molecule has 0 bridgehead atoms. The molecule has 3 aromatic rings. The van der Waals surface area contributed by atoms with Crippen LogP contribution in [0, 0.1) is 19.8 Å². The lowest BCUT2D eigenvalue weighted by Crippen LogP contribution is -2.65. The van der Waals surface area contributed by atoms with Gasteiger partial charge in [0, 0.05) is 20.1 Å². The third-order valence-electron chi connectivity index (χ3n) is 8.17. The Labute approximate surface area is 235 Å². The highest BCUT2D eigenvalue weighted by Gasteiger charge is 2.64. The Kier molecular flexibility index (Phi) is 7.49. The largest absolute Gasteiger partial charge is 0.451 e. The Morgan fingerprint density at radius 1 is 0.650 bits per heavy atom. The SMILES string of the molecule is CO[C@@]1(C2C=CC=C2)c2ccccc2[C@@](C)(OC)[C@@H](OC(=O)c2ccc(C)cc2)[C@H]1OC(=O)c1ccc(C)cc1. The predicted octanol–water partition coefficient (Wildman–Crippen LogP) is 6.21. The first-order valence-corrected chi connectivity index (χ1v) is 13.3. The molecule has 40 heavy (non-hydrogen) atoms. The van der Waals surface area contributed by atoms with Crippen molar-refractivity contribution in [1.29, 1.82) is 0 Å². The van der Waals surface area contributed by atoms with Crippen molar-refractivity contribution in [3.63, 3.8) is 0 Å². The normalized spacial score (nSPS) is 25.4. The van der Waals surface area contributed by atoms with Crippen molar-refractivity contribution in [2.24, 2.45) is 5.92 Å². The Morgan fingerprint density at radius 2 is 1.12 bits per heavy atom. The van der Waals surface area contributed by atoms with E-state index in [1.807, 2.05) is 93.6 Å². The van der Waals surface area contributed by atoms with E-state index >= 15 is 0 Å². The molecule has 2 aliphatic carbocycles. The van der Waals surface area contributed by atoms with E-state index in [1.165, 1.54) is 0 Å². The van der Waals surface area contributed by atoms with Gasteiger partial charge in [0.2, 0.25) is 0 Å². The lowest BCUT2D eigenvalue weighted by atomic mass is 9.63. The lowest BCUT2D eigenvalue weighted by Gasteiger charge is -2.54. The molecule has 0 heterocycles. The van der Waals surface area contributed by atoms with E-state index in [0.29, 0.717) is 11.1 Å². The van der Waals surface area contributed by atoms with Crippen LogP contribution in [0.25, 0.3) is 0 Å². The second-order valence-electron chi connectivity index (χ2n) is 10.5. The molecule has 0 amide bonds. The third kappa shape index (κ3) is 4.57. The molecule has 0 saturated heterocycles. The summed E-state index contributed by atoms with van der Waals surface area (Å²) in [5.41, 5.74) is 2.02. The average Bonchev–Trinajstić information content (AvgIpc) is 3.51. The van der Waals surface area contributed by atoms with Gasteiger partial charge in [-0.3, -0.25) is 0 Å². The van der Waals surface area contributed by atoms with E-state index in [2.05, 4.69) is 0 Å². The van der Waals surface area contributed by atoms with Crippen LogP contribution in [0.5, 0.6) is 0 Å². The molecule has 0 radical (unpaired) electrons. The molecule has 0 N–H and O–H groups in total. The highest BCUT2D eigenvalue weighted by molar-refractivity contribution is 5.90. The number of rotatable bonds is 7.